The van der Waals surface area contributed by atoms with Gasteiger partial charge in [-0.2, -0.15) is 0 Å². The number of aryl methyl sites for hydroxylation is 2. The molecule has 0 aliphatic heterocycles. The van der Waals surface area contributed by atoms with Gasteiger partial charge in [-0.3, -0.25) is 4.79 Å². The highest BCUT2D eigenvalue weighted by atomic mass is 16.1. The molecule has 3 nitrogen and oxygen atoms in total. The molecule has 0 aromatic heterocycles. The minimum absolute atomic E-state index is 0.00588. The van der Waals surface area contributed by atoms with E-state index in [1.807, 2.05) is 46.8 Å². The summed E-state index contributed by atoms with van der Waals surface area (Å²) < 4.78 is 0. The van der Waals surface area contributed by atoms with E-state index in [0.29, 0.717) is 5.92 Å². The van der Waals surface area contributed by atoms with Crippen LogP contribution in [0.3, 0.4) is 0 Å². The van der Waals surface area contributed by atoms with Crippen LogP contribution in [0.2, 0.25) is 0 Å². The molecule has 0 spiro atoms. The molecule has 0 saturated carbocycles. The van der Waals surface area contributed by atoms with Crippen molar-refractivity contribution in [1.82, 2.24) is 0 Å². The minimum atomic E-state index is 0.00588. The number of nitrogens with one attached hydrogen (secondary N) is 1. The van der Waals surface area contributed by atoms with Gasteiger partial charge in [0.25, 0.3) is 0 Å². The molecule has 1 aromatic rings. The Bertz CT molecular complexity index is 401. The van der Waals surface area contributed by atoms with E-state index in [9.17, 15) is 4.79 Å². The van der Waals surface area contributed by atoms with Gasteiger partial charge in [0.2, 0.25) is 5.91 Å². The number of rotatable bonds is 3. The Kier molecular flexibility index (Phi) is 4.16. The first kappa shape index (κ1) is 13.6. The molecule has 0 radical (unpaired) electrons. The Morgan fingerprint density at radius 1 is 1.18 bits per heavy atom. The monoisotopic (exact) mass is 234 g/mol. The number of carbonyl (C=O) groups is 1. The summed E-state index contributed by atoms with van der Waals surface area (Å²) in [4.78, 5) is 12.0. The first-order chi connectivity index (χ1) is 7.82. The fourth-order valence-corrected chi connectivity index (χ4v) is 1.73. The van der Waals surface area contributed by atoms with Crippen molar-refractivity contribution in [2.45, 2.75) is 34.6 Å². The molecule has 1 atom stereocenters. The zero-order valence-electron chi connectivity index (χ0n) is 11.3. The van der Waals surface area contributed by atoms with Crippen LogP contribution in [-0.2, 0) is 4.79 Å². The molecule has 1 amide bonds. The molecule has 1 rings (SSSR count). The van der Waals surface area contributed by atoms with E-state index in [1.165, 1.54) is 0 Å². The van der Waals surface area contributed by atoms with Crippen molar-refractivity contribution < 1.29 is 4.79 Å². The lowest BCUT2D eigenvalue weighted by atomic mass is 9.96. The van der Waals surface area contributed by atoms with Crippen LogP contribution in [0.4, 0.5) is 11.4 Å². The van der Waals surface area contributed by atoms with E-state index in [2.05, 4.69) is 5.32 Å². The Morgan fingerprint density at radius 3 is 2.06 bits per heavy atom. The van der Waals surface area contributed by atoms with Crippen molar-refractivity contribution in [1.29, 1.82) is 0 Å². The molecule has 0 heterocycles. The van der Waals surface area contributed by atoms with E-state index in [1.54, 1.807) is 0 Å². The van der Waals surface area contributed by atoms with Gasteiger partial charge in [-0.1, -0.05) is 20.8 Å². The third kappa shape index (κ3) is 3.22. The maximum atomic E-state index is 12.0. The third-order valence-corrected chi connectivity index (χ3v) is 3.22. The number of nitrogens with two attached hydrogens (primary N) is 1. The number of hydrogen-bond donors (Lipinski definition) is 2. The van der Waals surface area contributed by atoms with E-state index in [-0.39, 0.29) is 11.8 Å². The van der Waals surface area contributed by atoms with Crippen LogP contribution in [0.1, 0.15) is 31.9 Å². The Hall–Kier alpha value is -1.51. The molecule has 3 heteroatoms. The lowest BCUT2D eigenvalue weighted by molar-refractivity contribution is -0.120. The van der Waals surface area contributed by atoms with Gasteiger partial charge in [0.1, 0.15) is 0 Å². The van der Waals surface area contributed by atoms with Crippen LogP contribution in [0, 0.1) is 25.7 Å². The quantitative estimate of drug-likeness (QED) is 0.789. The highest BCUT2D eigenvalue weighted by Crippen LogP contribution is 2.24. The maximum Gasteiger partial charge on any atom is 0.227 e. The summed E-state index contributed by atoms with van der Waals surface area (Å²) in [5.74, 6) is 0.409. The van der Waals surface area contributed by atoms with Crippen LogP contribution in [-0.4, -0.2) is 5.91 Å². The summed E-state index contributed by atoms with van der Waals surface area (Å²) in [5, 5.41) is 2.99. The van der Waals surface area contributed by atoms with E-state index >= 15 is 0 Å². The summed E-state index contributed by atoms with van der Waals surface area (Å²) in [6, 6.07) is 3.76. The second-order valence-corrected chi connectivity index (χ2v) is 5.05. The molecular weight excluding hydrogens is 212 g/mol. The molecule has 0 bridgehead atoms. The number of benzene rings is 1. The smallest absolute Gasteiger partial charge is 0.227 e. The van der Waals surface area contributed by atoms with Gasteiger partial charge in [0.05, 0.1) is 0 Å². The molecule has 94 valence electrons. The predicted molar refractivity (Wildman–Crippen MR) is 73.0 cm³/mol. The lowest BCUT2D eigenvalue weighted by Crippen LogP contribution is -2.25. The van der Waals surface area contributed by atoms with E-state index in [4.69, 9.17) is 5.73 Å². The van der Waals surface area contributed by atoms with Gasteiger partial charge in [-0.15, -0.1) is 0 Å². The molecule has 0 aliphatic carbocycles. The largest absolute Gasteiger partial charge is 0.399 e. The SMILES string of the molecule is Cc1cc(N)cc(C)c1NC(=O)C(C)C(C)C. The fraction of sp³-hybridized carbons (Fsp3) is 0.500. The number of nitrogen functional groups attached to an aromatic ring is 1. The van der Waals surface area contributed by atoms with Crippen molar-refractivity contribution in [2.24, 2.45) is 11.8 Å². The van der Waals surface area contributed by atoms with Gasteiger partial charge in [-0.05, 0) is 43.0 Å². The summed E-state index contributed by atoms with van der Waals surface area (Å²) in [5.41, 5.74) is 9.38. The van der Waals surface area contributed by atoms with Crippen molar-refractivity contribution in [3.8, 4) is 0 Å². The maximum absolute atomic E-state index is 12.0. The average Bonchev–Trinajstić information content (AvgIpc) is 2.21. The number of carbonyl (C=O) groups excluding carboxylic acids is 1. The summed E-state index contributed by atoms with van der Waals surface area (Å²) in [6.45, 7) is 9.96. The molecule has 3 N–H and O–H groups in total. The van der Waals surface area contributed by atoms with Crippen molar-refractivity contribution in [3.63, 3.8) is 0 Å². The summed E-state index contributed by atoms with van der Waals surface area (Å²) in [6.07, 6.45) is 0. The van der Waals surface area contributed by atoms with Crippen LogP contribution in [0.25, 0.3) is 0 Å². The topological polar surface area (TPSA) is 55.1 Å². The first-order valence-corrected chi connectivity index (χ1v) is 6.00. The number of anilines is 2. The molecular formula is C14H22N2O. The molecule has 0 fully saturated rings. The Morgan fingerprint density at radius 2 is 1.65 bits per heavy atom. The lowest BCUT2D eigenvalue weighted by Gasteiger charge is -2.18. The fourth-order valence-electron chi connectivity index (χ4n) is 1.73. The second-order valence-electron chi connectivity index (χ2n) is 5.05. The summed E-state index contributed by atoms with van der Waals surface area (Å²) in [7, 11) is 0. The van der Waals surface area contributed by atoms with Crippen LogP contribution in [0.15, 0.2) is 12.1 Å². The normalized spacial score (nSPS) is 12.6. The second kappa shape index (κ2) is 5.21. The zero-order chi connectivity index (χ0) is 13.2. The number of hydrogen-bond acceptors (Lipinski definition) is 2. The standard InChI is InChI=1S/C14H22N2O/c1-8(2)11(5)14(17)16-13-9(3)6-12(15)7-10(13)4/h6-8,11H,15H2,1-5H3,(H,16,17). The zero-order valence-corrected chi connectivity index (χ0v) is 11.3. The van der Waals surface area contributed by atoms with E-state index < -0.39 is 0 Å². The van der Waals surface area contributed by atoms with Gasteiger partial charge in [0.15, 0.2) is 0 Å². The minimum Gasteiger partial charge on any atom is -0.399 e. The molecule has 1 unspecified atom stereocenters. The Balaban J connectivity index is 2.93. The van der Waals surface area contributed by atoms with Gasteiger partial charge in [-0.25, -0.2) is 0 Å². The van der Waals surface area contributed by atoms with E-state index in [0.717, 1.165) is 22.5 Å². The third-order valence-electron chi connectivity index (χ3n) is 3.22. The number of amides is 1. The molecule has 0 aliphatic rings. The van der Waals surface area contributed by atoms with Crippen molar-refractivity contribution in [2.75, 3.05) is 11.1 Å². The van der Waals surface area contributed by atoms with Crippen LogP contribution >= 0.6 is 0 Å². The molecule has 17 heavy (non-hydrogen) atoms. The van der Waals surface area contributed by atoms with Crippen LogP contribution in [0.5, 0.6) is 0 Å². The van der Waals surface area contributed by atoms with Gasteiger partial charge >= 0.3 is 0 Å². The van der Waals surface area contributed by atoms with Crippen molar-refractivity contribution in [3.05, 3.63) is 23.3 Å². The van der Waals surface area contributed by atoms with Gasteiger partial charge in [0, 0.05) is 17.3 Å². The van der Waals surface area contributed by atoms with Crippen molar-refractivity contribution >= 4 is 17.3 Å². The highest BCUT2D eigenvalue weighted by Gasteiger charge is 2.18. The van der Waals surface area contributed by atoms with Gasteiger partial charge < -0.3 is 11.1 Å². The average molecular weight is 234 g/mol. The first-order valence-electron chi connectivity index (χ1n) is 6.00. The predicted octanol–water partition coefficient (Wildman–Crippen LogP) is 3.12. The summed E-state index contributed by atoms with van der Waals surface area (Å²) >= 11 is 0. The Labute approximate surface area is 103 Å². The van der Waals surface area contributed by atoms with Crippen LogP contribution < -0.4 is 11.1 Å². The molecule has 0 saturated heterocycles. The molecule has 1 aromatic carbocycles. The highest BCUT2D eigenvalue weighted by molar-refractivity contribution is 5.94.